The van der Waals surface area contributed by atoms with Crippen LogP contribution in [0.4, 0.5) is 11.6 Å². The van der Waals surface area contributed by atoms with Gasteiger partial charge in [-0.05, 0) is 6.42 Å². The first-order valence-electron chi connectivity index (χ1n) is 5.43. The smallest absolute Gasteiger partial charge is 0.148 e. The largest absolute Gasteiger partial charge is 0.394 e. The molecule has 96 valence electrons. The van der Waals surface area contributed by atoms with Crippen LogP contribution >= 0.6 is 0 Å². The van der Waals surface area contributed by atoms with E-state index in [0.29, 0.717) is 18.2 Å². The molecule has 0 amide bonds. The number of nitrogens with one attached hydrogen (secondary N) is 2. The first-order chi connectivity index (χ1) is 8.26. The van der Waals surface area contributed by atoms with Gasteiger partial charge in [-0.15, -0.1) is 0 Å². The highest BCUT2D eigenvalue weighted by Crippen LogP contribution is 2.20. The first-order valence-corrected chi connectivity index (χ1v) is 5.43. The molecule has 0 aromatic carbocycles. The fourth-order valence-corrected chi connectivity index (χ4v) is 1.53. The third-order valence-corrected chi connectivity index (χ3v) is 2.36. The van der Waals surface area contributed by atoms with Crippen LogP contribution in [0, 0.1) is 0 Å². The molecule has 0 spiro atoms. The lowest BCUT2D eigenvalue weighted by Crippen LogP contribution is -2.30. The summed E-state index contributed by atoms with van der Waals surface area (Å²) in [4.78, 5) is 8.17. The molecule has 17 heavy (non-hydrogen) atoms. The Balaban J connectivity index is 2.88. The molecule has 1 atom stereocenters. The molecule has 1 rings (SSSR count). The van der Waals surface area contributed by atoms with Crippen molar-refractivity contribution in [3.63, 3.8) is 0 Å². The summed E-state index contributed by atoms with van der Waals surface area (Å²) >= 11 is 0. The van der Waals surface area contributed by atoms with Gasteiger partial charge in [0.15, 0.2) is 0 Å². The summed E-state index contributed by atoms with van der Waals surface area (Å²) in [5, 5.41) is 12.3. The number of nitrogen functional groups attached to an aromatic ring is 1. The number of aliphatic hydroxyl groups is 1. The molecule has 7 heteroatoms. The van der Waals surface area contributed by atoms with Crippen LogP contribution in [-0.2, 0) is 11.2 Å². The van der Waals surface area contributed by atoms with Crippen molar-refractivity contribution in [2.75, 3.05) is 31.1 Å². The highest BCUT2D eigenvalue weighted by molar-refractivity contribution is 5.57. The number of aromatic nitrogens is 2. The summed E-state index contributed by atoms with van der Waals surface area (Å²) < 4.78 is 4.99. The molecule has 5 N–H and O–H groups in total. The molecule has 0 aliphatic heterocycles. The van der Waals surface area contributed by atoms with Crippen molar-refractivity contribution in [1.29, 1.82) is 0 Å². The summed E-state index contributed by atoms with van der Waals surface area (Å²) in [6.45, 7) is 2.34. The van der Waals surface area contributed by atoms with Crippen LogP contribution in [0.2, 0.25) is 0 Å². The maximum Gasteiger partial charge on any atom is 0.148 e. The van der Waals surface area contributed by atoms with Gasteiger partial charge in [-0.2, -0.15) is 0 Å². The summed E-state index contributed by atoms with van der Waals surface area (Å²) in [6.07, 6.45) is 2.14. The molecule has 0 fully saturated rings. The van der Waals surface area contributed by atoms with Crippen LogP contribution in [0.5, 0.6) is 0 Å². The Bertz CT molecular complexity index is 347. The second-order valence-electron chi connectivity index (χ2n) is 3.53. The fourth-order valence-electron chi connectivity index (χ4n) is 1.53. The van der Waals surface area contributed by atoms with Crippen molar-refractivity contribution >= 4 is 11.6 Å². The average Bonchev–Trinajstić information content (AvgIpc) is 2.37. The lowest BCUT2D eigenvalue weighted by molar-refractivity contribution is 0.153. The molecular weight excluding hydrogens is 222 g/mol. The minimum atomic E-state index is -0.203. The van der Waals surface area contributed by atoms with Gasteiger partial charge < -0.3 is 20.6 Å². The number of nitrogens with zero attached hydrogens (tertiary/aromatic N) is 2. The van der Waals surface area contributed by atoms with E-state index in [4.69, 9.17) is 10.6 Å². The van der Waals surface area contributed by atoms with E-state index in [2.05, 4.69) is 20.7 Å². The van der Waals surface area contributed by atoms with Crippen molar-refractivity contribution in [2.24, 2.45) is 5.84 Å². The highest BCUT2D eigenvalue weighted by atomic mass is 16.5. The molecule has 7 nitrogen and oxygen atoms in total. The molecule has 1 heterocycles. The predicted molar refractivity (Wildman–Crippen MR) is 65.6 cm³/mol. The third-order valence-electron chi connectivity index (χ3n) is 2.36. The Kier molecular flexibility index (Phi) is 5.61. The number of ether oxygens (including phenoxy) is 1. The van der Waals surface area contributed by atoms with E-state index in [-0.39, 0.29) is 12.6 Å². The van der Waals surface area contributed by atoms with Crippen molar-refractivity contribution < 1.29 is 9.84 Å². The Morgan fingerprint density at radius 3 is 2.71 bits per heavy atom. The minimum Gasteiger partial charge on any atom is -0.394 e. The maximum atomic E-state index is 9.18. The SMILES string of the molecule is CCc1c(NN)ncnc1NC(CO)COC. The lowest BCUT2D eigenvalue weighted by Gasteiger charge is -2.18. The Hall–Kier alpha value is -1.44. The van der Waals surface area contributed by atoms with E-state index in [1.807, 2.05) is 6.92 Å². The van der Waals surface area contributed by atoms with Gasteiger partial charge in [0.25, 0.3) is 0 Å². The molecule has 1 unspecified atom stereocenters. The van der Waals surface area contributed by atoms with E-state index in [1.165, 1.54) is 6.33 Å². The van der Waals surface area contributed by atoms with Gasteiger partial charge in [0.05, 0.1) is 19.3 Å². The normalized spacial score (nSPS) is 12.2. The lowest BCUT2D eigenvalue weighted by atomic mass is 10.2. The van der Waals surface area contributed by atoms with Gasteiger partial charge >= 0.3 is 0 Å². The molecule has 0 aliphatic carbocycles. The fraction of sp³-hybridized carbons (Fsp3) is 0.600. The van der Waals surface area contributed by atoms with Crippen molar-refractivity contribution in [3.8, 4) is 0 Å². The average molecular weight is 241 g/mol. The van der Waals surface area contributed by atoms with Gasteiger partial charge in [0, 0.05) is 12.7 Å². The van der Waals surface area contributed by atoms with Gasteiger partial charge in [-0.1, -0.05) is 6.92 Å². The van der Waals surface area contributed by atoms with Crippen LogP contribution in [0.1, 0.15) is 12.5 Å². The zero-order chi connectivity index (χ0) is 12.7. The topological polar surface area (TPSA) is 105 Å². The Morgan fingerprint density at radius 1 is 1.47 bits per heavy atom. The minimum absolute atomic E-state index is 0.0353. The molecule has 0 bridgehead atoms. The standard InChI is InChI=1S/C10H19N5O2/c1-3-8-9(12-6-13-10(8)15-11)14-7(4-16)5-17-2/h6-7,16H,3-5,11H2,1-2H3,(H2,12,13,14,15). The number of hydrazine groups is 1. The molecule has 0 saturated heterocycles. The zero-order valence-electron chi connectivity index (χ0n) is 10.1. The number of nitrogens with two attached hydrogens (primary N) is 1. The predicted octanol–water partition coefficient (Wildman–Crippen LogP) is -0.256. The van der Waals surface area contributed by atoms with Gasteiger partial charge in [0.2, 0.25) is 0 Å². The molecule has 0 radical (unpaired) electrons. The van der Waals surface area contributed by atoms with Gasteiger partial charge in [0.1, 0.15) is 18.0 Å². The van der Waals surface area contributed by atoms with Crippen molar-refractivity contribution in [3.05, 3.63) is 11.9 Å². The van der Waals surface area contributed by atoms with Crippen molar-refractivity contribution in [2.45, 2.75) is 19.4 Å². The van der Waals surface area contributed by atoms with Crippen LogP contribution in [-0.4, -0.2) is 41.4 Å². The van der Waals surface area contributed by atoms with E-state index >= 15 is 0 Å². The molecular formula is C10H19N5O2. The third kappa shape index (κ3) is 3.52. The van der Waals surface area contributed by atoms with E-state index in [9.17, 15) is 5.11 Å². The number of anilines is 2. The van der Waals surface area contributed by atoms with Crippen molar-refractivity contribution in [1.82, 2.24) is 9.97 Å². The monoisotopic (exact) mass is 241 g/mol. The number of rotatable bonds is 7. The maximum absolute atomic E-state index is 9.18. The first kappa shape index (κ1) is 13.6. The van der Waals surface area contributed by atoms with Crippen LogP contribution < -0.4 is 16.6 Å². The second-order valence-corrected chi connectivity index (χ2v) is 3.53. The summed E-state index contributed by atoms with van der Waals surface area (Å²) in [5.41, 5.74) is 3.40. The number of hydrogen-bond donors (Lipinski definition) is 4. The zero-order valence-corrected chi connectivity index (χ0v) is 10.1. The highest BCUT2D eigenvalue weighted by Gasteiger charge is 2.13. The second kappa shape index (κ2) is 7.00. The summed E-state index contributed by atoms with van der Waals surface area (Å²) in [6, 6.07) is -0.203. The Labute approximate surface area is 100 Å². The van der Waals surface area contributed by atoms with E-state index < -0.39 is 0 Å². The van der Waals surface area contributed by atoms with Crippen LogP contribution in [0.15, 0.2) is 6.33 Å². The molecule has 0 saturated carbocycles. The number of aliphatic hydroxyl groups excluding tert-OH is 1. The van der Waals surface area contributed by atoms with Crippen LogP contribution in [0.3, 0.4) is 0 Å². The van der Waals surface area contributed by atoms with E-state index in [0.717, 1.165) is 12.0 Å². The van der Waals surface area contributed by atoms with Gasteiger partial charge in [-0.3, -0.25) is 0 Å². The number of methoxy groups -OCH3 is 1. The Morgan fingerprint density at radius 2 is 2.18 bits per heavy atom. The summed E-state index contributed by atoms with van der Waals surface area (Å²) in [5.74, 6) is 6.62. The molecule has 1 aromatic rings. The molecule has 1 aromatic heterocycles. The van der Waals surface area contributed by atoms with Crippen LogP contribution in [0.25, 0.3) is 0 Å². The van der Waals surface area contributed by atoms with E-state index in [1.54, 1.807) is 7.11 Å². The number of hydrogen-bond acceptors (Lipinski definition) is 7. The van der Waals surface area contributed by atoms with Gasteiger partial charge in [-0.25, -0.2) is 15.8 Å². The quantitative estimate of drug-likeness (QED) is 0.385. The summed E-state index contributed by atoms with van der Waals surface area (Å²) in [7, 11) is 1.58. The molecule has 0 aliphatic rings.